The maximum atomic E-state index is 13.5. The average molecular weight is 465 g/mol. The van der Waals surface area contributed by atoms with Crippen molar-refractivity contribution in [3.05, 3.63) is 54.7 Å². The lowest BCUT2D eigenvalue weighted by Crippen LogP contribution is -2.63. The van der Waals surface area contributed by atoms with Gasteiger partial charge in [-0.25, -0.2) is 0 Å². The highest BCUT2D eigenvalue weighted by Crippen LogP contribution is 2.58. The first-order valence-electron chi connectivity index (χ1n) is 12.0. The molecular weight excluding hydrogens is 435 g/mol. The van der Waals surface area contributed by atoms with Crippen molar-refractivity contribution in [2.75, 3.05) is 0 Å². The van der Waals surface area contributed by atoms with Crippen molar-refractivity contribution in [2.45, 2.75) is 63.3 Å². The minimum atomic E-state index is -1.29. The molecule has 178 valence electrons. The zero-order chi connectivity index (χ0) is 23.6. The second-order valence-electron chi connectivity index (χ2n) is 10.6. The van der Waals surface area contributed by atoms with Crippen LogP contribution in [0, 0.1) is 17.3 Å². The van der Waals surface area contributed by atoms with E-state index < -0.39 is 12.3 Å². The van der Waals surface area contributed by atoms with Crippen LogP contribution in [-0.2, 0) is 4.79 Å². The van der Waals surface area contributed by atoms with Gasteiger partial charge in [-0.3, -0.25) is 4.79 Å². The van der Waals surface area contributed by atoms with Crippen molar-refractivity contribution < 1.29 is 23.8 Å². The van der Waals surface area contributed by atoms with Crippen molar-refractivity contribution in [2.24, 2.45) is 11.3 Å². The Balaban J connectivity index is 1.25. The number of halogens is 1. The number of rotatable bonds is 6. The molecule has 2 aliphatic carbocycles. The number of furan rings is 1. The van der Waals surface area contributed by atoms with Gasteiger partial charge in [0.05, 0.1) is 6.42 Å². The maximum Gasteiger partial charge on any atom is 0.278 e. The number of nitrogens with zero attached hydrogens (tertiary/aromatic N) is 1. The third-order valence-electron chi connectivity index (χ3n) is 8.25. The van der Waals surface area contributed by atoms with Crippen LogP contribution >= 0.6 is 0 Å². The molecule has 1 aromatic carbocycles. The molecule has 4 heterocycles. The summed E-state index contributed by atoms with van der Waals surface area (Å²) >= 11 is 0. The second-order valence-corrected chi connectivity index (χ2v) is 10.6. The molecule has 2 aromatic heterocycles. The molecule has 2 aliphatic heterocycles. The Bertz CT molecular complexity index is 1250. The first kappa shape index (κ1) is 21.6. The number of aromatic nitrogens is 1. The smallest absolute Gasteiger partial charge is 0.278 e. The zero-order valence-electron chi connectivity index (χ0n) is 19.0. The third-order valence-corrected chi connectivity index (χ3v) is 8.25. The van der Waals surface area contributed by atoms with Gasteiger partial charge in [0, 0.05) is 52.8 Å². The number of piperidine rings is 2. The van der Waals surface area contributed by atoms with E-state index in [9.17, 15) is 19.4 Å². The van der Waals surface area contributed by atoms with E-state index in [1.54, 1.807) is 6.07 Å². The Morgan fingerprint density at radius 2 is 1.97 bits per heavy atom. The molecule has 3 aromatic rings. The molecule has 0 spiro atoms. The van der Waals surface area contributed by atoms with E-state index in [4.69, 9.17) is 4.42 Å². The first-order chi connectivity index (χ1) is 16.3. The van der Waals surface area contributed by atoms with Crippen LogP contribution in [0.4, 0.5) is 4.39 Å². The molecule has 1 amide bonds. The van der Waals surface area contributed by atoms with Gasteiger partial charge in [-0.05, 0) is 61.1 Å². The molecule has 6 nitrogen and oxygen atoms in total. The quantitative estimate of drug-likeness (QED) is 0.456. The number of aliphatic hydroxyl groups is 2. The van der Waals surface area contributed by atoms with E-state index in [0.29, 0.717) is 23.7 Å². The molecule has 7 heteroatoms. The van der Waals surface area contributed by atoms with E-state index >= 15 is 0 Å². The predicted molar refractivity (Wildman–Crippen MR) is 126 cm³/mol. The molecule has 4 aliphatic rings. The molecule has 34 heavy (non-hydrogen) atoms. The number of aliphatic hydroxyl groups excluding tert-OH is 1. The molecule has 2 unspecified atom stereocenters. The summed E-state index contributed by atoms with van der Waals surface area (Å²) < 4.78 is 18.8. The van der Waals surface area contributed by atoms with E-state index in [-0.39, 0.29) is 29.8 Å². The van der Waals surface area contributed by atoms with Gasteiger partial charge >= 0.3 is 0 Å². The molecule has 3 N–H and O–H groups in total. The monoisotopic (exact) mass is 464 g/mol. The van der Waals surface area contributed by atoms with Crippen LogP contribution in [-0.4, -0.2) is 44.4 Å². The molecule has 2 saturated heterocycles. The number of aromatic amines is 1. The van der Waals surface area contributed by atoms with E-state index in [0.717, 1.165) is 54.1 Å². The summed E-state index contributed by atoms with van der Waals surface area (Å²) in [4.78, 5) is 18.9. The summed E-state index contributed by atoms with van der Waals surface area (Å²) in [6, 6.07) is 8.28. The highest BCUT2D eigenvalue weighted by molar-refractivity contribution is 6.04. The maximum absolute atomic E-state index is 13.5. The Kier molecular flexibility index (Phi) is 4.97. The molecule has 0 radical (unpaired) electrons. The van der Waals surface area contributed by atoms with Gasteiger partial charge < -0.3 is 24.5 Å². The fraction of sp³-hybridized carbons (Fsp3) is 0.444. The summed E-state index contributed by atoms with van der Waals surface area (Å²) in [6.45, 7) is 4.25. The van der Waals surface area contributed by atoms with Crippen LogP contribution in [0.5, 0.6) is 0 Å². The van der Waals surface area contributed by atoms with Crippen LogP contribution < -0.4 is 0 Å². The molecule has 2 atom stereocenters. The topological polar surface area (TPSA) is 89.7 Å². The predicted octanol–water partition coefficient (Wildman–Crippen LogP) is 4.83. The minimum Gasteiger partial charge on any atom is -0.431 e. The van der Waals surface area contributed by atoms with Crippen molar-refractivity contribution >= 4 is 22.4 Å². The van der Waals surface area contributed by atoms with Crippen LogP contribution in [0.15, 0.2) is 47.5 Å². The largest absolute Gasteiger partial charge is 0.431 e. The highest BCUT2D eigenvalue weighted by Gasteiger charge is 2.55. The number of amides is 1. The lowest BCUT2D eigenvalue weighted by atomic mass is 9.54. The molecule has 4 fully saturated rings. The van der Waals surface area contributed by atoms with Gasteiger partial charge in [0.25, 0.3) is 6.01 Å². The van der Waals surface area contributed by atoms with Crippen LogP contribution in [0.25, 0.3) is 27.8 Å². The van der Waals surface area contributed by atoms with Gasteiger partial charge in [0.2, 0.25) is 5.91 Å². The summed E-state index contributed by atoms with van der Waals surface area (Å²) in [7, 11) is 0. The molecule has 7 rings (SSSR count). The number of fused-ring (bicyclic) bond motifs is 1. The van der Waals surface area contributed by atoms with E-state index in [2.05, 4.69) is 16.5 Å². The Morgan fingerprint density at radius 1 is 1.21 bits per heavy atom. The fourth-order valence-electron chi connectivity index (χ4n) is 7.32. The fourth-order valence-corrected chi connectivity index (χ4v) is 7.32. The number of hydrogen-bond acceptors (Lipinski definition) is 4. The van der Waals surface area contributed by atoms with Gasteiger partial charge in [0.15, 0.2) is 6.29 Å². The lowest BCUT2D eigenvalue weighted by molar-refractivity contribution is -0.168. The summed E-state index contributed by atoms with van der Waals surface area (Å²) in [6.07, 6.45) is 5.90. The van der Waals surface area contributed by atoms with Crippen LogP contribution in [0.1, 0.15) is 50.5 Å². The standard InChI is InChI=1S/C27H29FN2O4/c1-15(20-14-29-21-4-2-3-19(26(20)21)22-5-6-23(28)34-22)7-24(31)30-17-8-16-9-18(30)12-27(10-16,11-17)13-25(32)33/h2-6,14,16-18,25,29,32-33H,1,7-13H2. The Labute approximate surface area is 197 Å². The van der Waals surface area contributed by atoms with Crippen molar-refractivity contribution in [1.82, 2.24) is 9.88 Å². The van der Waals surface area contributed by atoms with Crippen molar-refractivity contribution in [1.29, 1.82) is 0 Å². The number of benzene rings is 1. The van der Waals surface area contributed by atoms with Gasteiger partial charge in [-0.1, -0.05) is 18.7 Å². The summed E-state index contributed by atoms with van der Waals surface area (Å²) in [5, 5.41) is 20.1. The number of carbonyl (C=O) groups is 1. The minimum absolute atomic E-state index is 0.0531. The van der Waals surface area contributed by atoms with Crippen LogP contribution in [0.3, 0.4) is 0 Å². The van der Waals surface area contributed by atoms with Crippen molar-refractivity contribution in [3.63, 3.8) is 0 Å². The van der Waals surface area contributed by atoms with E-state index in [1.807, 2.05) is 24.4 Å². The van der Waals surface area contributed by atoms with Crippen molar-refractivity contribution in [3.8, 4) is 11.3 Å². The van der Waals surface area contributed by atoms with E-state index in [1.165, 1.54) is 6.07 Å². The van der Waals surface area contributed by atoms with Crippen LogP contribution in [0.2, 0.25) is 0 Å². The van der Waals surface area contributed by atoms with Gasteiger partial charge in [-0.2, -0.15) is 4.39 Å². The van der Waals surface area contributed by atoms with Gasteiger partial charge in [0.1, 0.15) is 5.76 Å². The molecule has 4 bridgehead atoms. The lowest BCUT2D eigenvalue weighted by Gasteiger charge is -2.62. The van der Waals surface area contributed by atoms with Gasteiger partial charge in [-0.15, -0.1) is 0 Å². The number of carbonyl (C=O) groups excluding carboxylic acids is 1. The number of H-pyrrole nitrogens is 1. The second kappa shape index (κ2) is 7.82. The Hall–Kier alpha value is -2.90. The first-order valence-corrected chi connectivity index (χ1v) is 12.0. The SMILES string of the molecule is C=C(CC(=O)N1C2CC3CC1CC(CC(O)O)(C3)C2)c1c[nH]c2cccc(-c3ccc(F)o3)c12. The Morgan fingerprint density at radius 3 is 2.65 bits per heavy atom. The highest BCUT2D eigenvalue weighted by atomic mass is 19.1. The molecule has 2 saturated carbocycles. The summed E-state index contributed by atoms with van der Waals surface area (Å²) in [5.41, 5.74) is 3.12. The third kappa shape index (κ3) is 3.49. The normalized spacial score (nSPS) is 27.8. The number of nitrogens with one attached hydrogen (secondary N) is 1. The zero-order valence-corrected chi connectivity index (χ0v) is 19.0. The average Bonchev–Trinajstić information content (AvgIpc) is 3.38. The number of hydrogen-bond donors (Lipinski definition) is 3. The molecular formula is C27H29FN2O4. The summed E-state index contributed by atoms with van der Waals surface area (Å²) in [5.74, 6) is 1.08.